The Kier molecular flexibility index (Phi) is 5.18. The van der Waals surface area contributed by atoms with E-state index in [0.717, 1.165) is 12.3 Å². The van der Waals surface area contributed by atoms with Crippen LogP contribution < -0.4 is 11.2 Å². The molecule has 1 aliphatic rings. The maximum atomic E-state index is 14.1. The van der Waals surface area contributed by atoms with Gasteiger partial charge in [0, 0.05) is 18.7 Å². The second kappa shape index (κ2) is 6.81. The molecule has 4 atom stereocenters. The number of aliphatic hydroxyl groups excluding tert-OH is 3. The van der Waals surface area contributed by atoms with E-state index in [4.69, 9.17) is 14.6 Å². The van der Waals surface area contributed by atoms with Crippen molar-refractivity contribution in [2.24, 2.45) is 0 Å². The second-order valence-corrected chi connectivity index (χ2v) is 5.16. The molecule has 1 aromatic rings. The predicted molar refractivity (Wildman–Crippen MR) is 74.4 cm³/mol. The van der Waals surface area contributed by atoms with Gasteiger partial charge in [0.25, 0.3) is 11.4 Å². The Bertz CT molecular complexity index is 731. The highest BCUT2D eigenvalue weighted by Gasteiger charge is 2.55. The van der Waals surface area contributed by atoms with Gasteiger partial charge in [0.15, 0.2) is 13.0 Å². The first-order valence-electron chi connectivity index (χ1n) is 7.06. The van der Waals surface area contributed by atoms with Crippen LogP contribution >= 0.6 is 0 Å². The lowest BCUT2D eigenvalue weighted by molar-refractivity contribution is -0.207. The minimum atomic E-state index is -2.96. The van der Waals surface area contributed by atoms with Gasteiger partial charge in [-0.25, -0.2) is 13.8 Å². The number of carbonyl (C=O) groups excluding carboxylic acids is 1. The van der Waals surface area contributed by atoms with Crippen LogP contribution in [-0.2, 0) is 21.0 Å². The first-order valence-corrected chi connectivity index (χ1v) is 7.06. The summed E-state index contributed by atoms with van der Waals surface area (Å²) < 4.78 is 24.8. The summed E-state index contributed by atoms with van der Waals surface area (Å²) in [7, 11) is 0. The van der Waals surface area contributed by atoms with E-state index in [0.29, 0.717) is 9.13 Å². The SMILES string of the molecule is CCC(=O)OCn1c(=O)ccn([C@@H]2O[C@](F)(CO)[C@@H](O)[C@H]2O)c1=O. The topological polar surface area (TPSA) is 140 Å². The average Bonchev–Trinajstić information content (AvgIpc) is 2.79. The molecule has 134 valence electrons. The molecule has 0 unspecified atom stereocenters. The Morgan fingerprint density at radius 3 is 2.67 bits per heavy atom. The Balaban J connectivity index is 2.37. The van der Waals surface area contributed by atoms with Gasteiger partial charge in [0.2, 0.25) is 0 Å². The van der Waals surface area contributed by atoms with E-state index in [9.17, 15) is 29.0 Å². The van der Waals surface area contributed by atoms with Crippen molar-refractivity contribution in [2.75, 3.05) is 6.61 Å². The number of hydrogen-bond donors (Lipinski definition) is 3. The Labute approximate surface area is 134 Å². The number of alkyl halides is 1. The molecule has 11 heteroatoms. The number of hydrogen-bond acceptors (Lipinski definition) is 8. The van der Waals surface area contributed by atoms with Crippen LogP contribution in [0, 0.1) is 0 Å². The van der Waals surface area contributed by atoms with Crippen molar-refractivity contribution in [3.8, 4) is 0 Å². The molecular weight excluding hydrogens is 331 g/mol. The highest BCUT2D eigenvalue weighted by molar-refractivity contribution is 5.68. The minimum Gasteiger partial charge on any atom is -0.444 e. The zero-order valence-electron chi connectivity index (χ0n) is 12.7. The van der Waals surface area contributed by atoms with E-state index < -0.39 is 54.8 Å². The monoisotopic (exact) mass is 348 g/mol. The Hall–Kier alpha value is -2.08. The van der Waals surface area contributed by atoms with Crippen LogP contribution in [0.1, 0.15) is 19.6 Å². The molecule has 2 rings (SSSR count). The zero-order chi connectivity index (χ0) is 18.1. The van der Waals surface area contributed by atoms with Crippen LogP contribution in [0.2, 0.25) is 0 Å². The van der Waals surface area contributed by atoms with Gasteiger partial charge in [-0.05, 0) is 0 Å². The first kappa shape index (κ1) is 18.3. The van der Waals surface area contributed by atoms with Crippen LogP contribution in [-0.4, -0.2) is 55.1 Å². The fraction of sp³-hybridized carbons (Fsp3) is 0.615. The number of aliphatic hydroxyl groups is 3. The highest BCUT2D eigenvalue weighted by atomic mass is 19.2. The van der Waals surface area contributed by atoms with Crippen molar-refractivity contribution in [3.05, 3.63) is 33.1 Å². The van der Waals surface area contributed by atoms with Crippen molar-refractivity contribution in [1.29, 1.82) is 0 Å². The highest BCUT2D eigenvalue weighted by Crippen LogP contribution is 2.37. The number of carbonyl (C=O) groups is 1. The summed E-state index contributed by atoms with van der Waals surface area (Å²) in [5.41, 5.74) is -1.84. The summed E-state index contributed by atoms with van der Waals surface area (Å²) in [6.07, 6.45) is -4.68. The third-order valence-corrected chi connectivity index (χ3v) is 3.60. The molecule has 10 nitrogen and oxygen atoms in total. The molecule has 0 aromatic carbocycles. The molecule has 1 aliphatic heterocycles. The normalized spacial score (nSPS) is 29.6. The molecule has 2 heterocycles. The molecule has 0 radical (unpaired) electrons. The van der Waals surface area contributed by atoms with E-state index in [-0.39, 0.29) is 6.42 Å². The van der Waals surface area contributed by atoms with E-state index in [1.54, 1.807) is 0 Å². The van der Waals surface area contributed by atoms with E-state index in [2.05, 4.69) is 0 Å². The van der Waals surface area contributed by atoms with E-state index in [1.807, 2.05) is 0 Å². The number of nitrogens with zero attached hydrogens (tertiary/aromatic N) is 2. The van der Waals surface area contributed by atoms with E-state index >= 15 is 0 Å². The quantitative estimate of drug-likeness (QED) is 0.511. The summed E-state index contributed by atoms with van der Waals surface area (Å²) in [5.74, 6) is -3.61. The lowest BCUT2D eigenvalue weighted by Crippen LogP contribution is -2.44. The summed E-state index contributed by atoms with van der Waals surface area (Å²) in [5, 5.41) is 28.4. The van der Waals surface area contributed by atoms with Crippen LogP contribution in [0.5, 0.6) is 0 Å². The molecule has 0 spiro atoms. The zero-order valence-corrected chi connectivity index (χ0v) is 12.7. The van der Waals surface area contributed by atoms with Gasteiger partial charge in [0.1, 0.15) is 18.8 Å². The maximum Gasteiger partial charge on any atom is 0.335 e. The van der Waals surface area contributed by atoms with Crippen molar-refractivity contribution in [1.82, 2.24) is 9.13 Å². The van der Waals surface area contributed by atoms with Crippen molar-refractivity contribution < 1.29 is 34.0 Å². The van der Waals surface area contributed by atoms with Gasteiger partial charge in [0.05, 0.1) is 0 Å². The maximum absolute atomic E-state index is 14.1. The van der Waals surface area contributed by atoms with Gasteiger partial charge in [-0.15, -0.1) is 0 Å². The molecule has 0 aliphatic carbocycles. The standard InChI is InChI=1S/C13H17FN2O8/c1-2-8(19)23-6-16-7(18)3-4-15(12(16)22)11-9(20)10(21)13(14,5-17)24-11/h3-4,9-11,17,20-21H,2,5-6H2,1H3/t9-,10+,11-,13-/m1/s1. The third kappa shape index (κ3) is 3.11. The Morgan fingerprint density at radius 1 is 1.46 bits per heavy atom. The van der Waals surface area contributed by atoms with Gasteiger partial charge in [-0.3, -0.25) is 14.2 Å². The van der Waals surface area contributed by atoms with Crippen LogP contribution in [0.15, 0.2) is 21.9 Å². The smallest absolute Gasteiger partial charge is 0.335 e. The van der Waals surface area contributed by atoms with Gasteiger partial charge >= 0.3 is 11.7 Å². The van der Waals surface area contributed by atoms with Crippen LogP contribution in [0.4, 0.5) is 4.39 Å². The van der Waals surface area contributed by atoms with Gasteiger partial charge in [-0.2, -0.15) is 0 Å². The van der Waals surface area contributed by atoms with Crippen molar-refractivity contribution >= 4 is 5.97 Å². The van der Waals surface area contributed by atoms with Crippen LogP contribution in [0.25, 0.3) is 0 Å². The van der Waals surface area contributed by atoms with Crippen molar-refractivity contribution in [3.63, 3.8) is 0 Å². The molecule has 0 saturated carbocycles. The number of aromatic nitrogens is 2. The summed E-state index contributed by atoms with van der Waals surface area (Å²) in [6, 6.07) is 0.917. The molecule has 0 amide bonds. The Morgan fingerprint density at radius 2 is 2.12 bits per heavy atom. The third-order valence-electron chi connectivity index (χ3n) is 3.60. The number of ether oxygens (including phenoxy) is 2. The molecule has 0 bridgehead atoms. The number of esters is 1. The number of halogens is 1. The average molecular weight is 348 g/mol. The lowest BCUT2D eigenvalue weighted by Gasteiger charge is -2.20. The van der Waals surface area contributed by atoms with Gasteiger partial charge in [-0.1, -0.05) is 6.92 Å². The van der Waals surface area contributed by atoms with Crippen LogP contribution in [0.3, 0.4) is 0 Å². The molecule has 3 N–H and O–H groups in total. The summed E-state index contributed by atoms with van der Waals surface area (Å²) in [4.78, 5) is 35.2. The van der Waals surface area contributed by atoms with Crippen molar-refractivity contribution in [2.45, 2.75) is 44.4 Å². The largest absolute Gasteiger partial charge is 0.444 e. The van der Waals surface area contributed by atoms with Gasteiger partial charge < -0.3 is 24.8 Å². The molecule has 1 aromatic heterocycles. The number of rotatable bonds is 5. The fourth-order valence-electron chi connectivity index (χ4n) is 2.19. The minimum absolute atomic E-state index is 0.0350. The predicted octanol–water partition coefficient (Wildman–Crippen LogP) is -2.17. The lowest BCUT2D eigenvalue weighted by atomic mass is 10.1. The molecule has 1 saturated heterocycles. The first-order chi connectivity index (χ1) is 11.2. The fourth-order valence-corrected chi connectivity index (χ4v) is 2.19. The van der Waals surface area contributed by atoms with E-state index in [1.165, 1.54) is 6.92 Å². The molecular formula is C13H17FN2O8. The summed E-state index contributed by atoms with van der Waals surface area (Å²) in [6.45, 7) is -0.393. The second-order valence-electron chi connectivity index (χ2n) is 5.16. The summed E-state index contributed by atoms with van der Waals surface area (Å²) >= 11 is 0. The molecule has 1 fully saturated rings. The molecule has 24 heavy (non-hydrogen) atoms.